The van der Waals surface area contributed by atoms with Crippen molar-refractivity contribution in [3.8, 4) is 5.69 Å². The number of hydrogen-bond donors (Lipinski definition) is 3. The van der Waals surface area contributed by atoms with Gasteiger partial charge in [0.1, 0.15) is 0 Å². The number of nitrogens with zero attached hydrogens (tertiary/aromatic N) is 1. The van der Waals surface area contributed by atoms with Crippen molar-refractivity contribution in [2.75, 3.05) is 0 Å². The highest BCUT2D eigenvalue weighted by Gasteiger charge is 2.15. The maximum absolute atomic E-state index is 6.08. The summed E-state index contributed by atoms with van der Waals surface area (Å²) in [5, 5.41) is 4.89. The molecule has 42 heavy (non-hydrogen) atoms. The van der Waals surface area contributed by atoms with Crippen molar-refractivity contribution in [3.05, 3.63) is 156 Å². The largest absolute Gasteiger partial charge is 0.405 e. The zero-order chi connectivity index (χ0) is 30.1. The van der Waals surface area contributed by atoms with Crippen LogP contribution < -0.4 is 17.2 Å². The summed E-state index contributed by atoms with van der Waals surface area (Å²) in [5.41, 5.74) is 25.7. The minimum Gasteiger partial charge on any atom is -0.405 e. The molecule has 0 bridgehead atoms. The summed E-state index contributed by atoms with van der Waals surface area (Å²) in [6.45, 7) is 8.00. The van der Waals surface area contributed by atoms with Gasteiger partial charge in [-0.15, -0.1) is 0 Å². The fourth-order valence-electron chi connectivity index (χ4n) is 5.24. The van der Waals surface area contributed by atoms with E-state index in [1.807, 2.05) is 45.1 Å². The van der Waals surface area contributed by atoms with E-state index in [2.05, 4.69) is 102 Å². The summed E-state index contributed by atoms with van der Waals surface area (Å²) >= 11 is 0. The van der Waals surface area contributed by atoms with Crippen molar-refractivity contribution in [1.82, 2.24) is 4.57 Å². The second-order valence-corrected chi connectivity index (χ2v) is 10.0. The number of para-hydroxylation sites is 2. The zero-order valence-electron chi connectivity index (χ0n) is 24.9. The lowest BCUT2D eigenvalue weighted by molar-refractivity contribution is 1.19. The molecule has 1 heterocycles. The van der Waals surface area contributed by atoms with Gasteiger partial charge in [-0.2, -0.15) is 0 Å². The van der Waals surface area contributed by atoms with E-state index in [1.165, 1.54) is 32.6 Å². The fourth-order valence-corrected chi connectivity index (χ4v) is 5.24. The molecule has 4 heteroatoms. The monoisotopic (exact) mass is 552 g/mol. The third-order valence-corrected chi connectivity index (χ3v) is 7.28. The van der Waals surface area contributed by atoms with Crippen LogP contribution in [0.1, 0.15) is 33.3 Å². The Hall–Kier alpha value is -5.22. The van der Waals surface area contributed by atoms with Crippen LogP contribution in [-0.4, -0.2) is 4.57 Å². The normalized spacial score (nSPS) is 13.4. The number of allylic oxidation sites excluding steroid dienone is 9. The first-order valence-electron chi connectivity index (χ1n) is 14.1. The third kappa shape index (κ3) is 6.24. The van der Waals surface area contributed by atoms with Gasteiger partial charge in [0.2, 0.25) is 0 Å². The number of hydrogen-bond acceptors (Lipinski definition) is 3. The highest BCUT2D eigenvalue weighted by Crippen LogP contribution is 2.37. The van der Waals surface area contributed by atoms with Crippen molar-refractivity contribution in [1.29, 1.82) is 0 Å². The van der Waals surface area contributed by atoms with E-state index >= 15 is 0 Å². The van der Waals surface area contributed by atoms with Gasteiger partial charge in [-0.05, 0) is 110 Å². The maximum atomic E-state index is 6.08. The smallest absolute Gasteiger partial charge is 0.0619 e. The molecule has 0 aliphatic heterocycles. The van der Waals surface area contributed by atoms with Gasteiger partial charge in [0.15, 0.2) is 0 Å². The molecule has 0 radical (unpaired) electrons. The fraction of sp³-hybridized carbons (Fsp3) is 0.105. The van der Waals surface area contributed by atoms with Gasteiger partial charge >= 0.3 is 0 Å². The van der Waals surface area contributed by atoms with Gasteiger partial charge in [0, 0.05) is 28.0 Å². The SMILES string of the molecule is C/C=C(\C=C/N)C(/C)=C/C(=C\N)c1ccc2c(ccc3c4ccccc4n(-c4ccccc4)c23)c1.C/C=C\C(C)=C/N. The van der Waals surface area contributed by atoms with Crippen LogP contribution in [0.25, 0.3) is 43.8 Å². The van der Waals surface area contributed by atoms with Crippen LogP contribution in [0.3, 0.4) is 0 Å². The van der Waals surface area contributed by atoms with Gasteiger partial charge in [0.05, 0.1) is 11.0 Å². The number of fused-ring (bicyclic) bond motifs is 5. The Balaban J connectivity index is 0.000000517. The lowest BCUT2D eigenvalue weighted by atomic mass is 9.97. The third-order valence-electron chi connectivity index (χ3n) is 7.28. The summed E-state index contributed by atoms with van der Waals surface area (Å²) in [7, 11) is 0. The average Bonchev–Trinajstić information content (AvgIpc) is 3.37. The summed E-state index contributed by atoms with van der Waals surface area (Å²) in [6.07, 6.45) is 14.8. The molecule has 0 atom stereocenters. The minimum absolute atomic E-state index is 0.970. The van der Waals surface area contributed by atoms with Gasteiger partial charge in [-0.25, -0.2) is 0 Å². The topological polar surface area (TPSA) is 83.0 Å². The van der Waals surface area contributed by atoms with Crippen molar-refractivity contribution >= 4 is 38.2 Å². The first-order valence-corrected chi connectivity index (χ1v) is 14.1. The molecule has 0 saturated carbocycles. The highest BCUT2D eigenvalue weighted by molar-refractivity contribution is 6.18. The van der Waals surface area contributed by atoms with Crippen molar-refractivity contribution < 1.29 is 0 Å². The van der Waals surface area contributed by atoms with Crippen LogP contribution in [0.5, 0.6) is 0 Å². The van der Waals surface area contributed by atoms with Crippen LogP contribution >= 0.6 is 0 Å². The number of benzene rings is 4. The van der Waals surface area contributed by atoms with Crippen molar-refractivity contribution in [3.63, 3.8) is 0 Å². The second-order valence-electron chi connectivity index (χ2n) is 10.0. The van der Waals surface area contributed by atoms with E-state index in [0.29, 0.717) is 0 Å². The lowest BCUT2D eigenvalue weighted by Crippen LogP contribution is -1.94. The van der Waals surface area contributed by atoms with Gasteiger partial charge in [-0.3, -0.25) is 0 Å². The molecule has 5 rings (SSSR count). The minimum atomic E-state index is 0.970. The van der Waals surface area contributed by atoms with Crippen molar-refractivity contribution in [2.24, 2.45) is 17.2 Å². The molecule has 1 aromatic heterocycles. The number of aromatic nitrogens is 1. The maximum Gasteiger partial charge on any atom is 0.0619 e. The van der Waals surface area contributed by atoms with Crippen molar-refractivity contribution in [2.45, 2.75) is 27.7 Å². The summed E-state index contributed by atoms with van der Waals surface area (Å²) < 4.78 is 2.37. The molecule has 5 aromatic rings. The molecule has 0 amide bonds. The van der Waals surface area contributed by atoms with E-state index in [4.69, 9.17) is 17.2 Å². The Morgan fingerprint density at radius 1 is 0.714 bits per heavy atom. The molecule has 0 saturated heterocycles. The molecule has 4 nitrogen and oxygen atoms in total. The molecule has 4 aromatic carbocycles. The molecule has 6 N–H and O–H groups in total. The molecule has 0 aliphatic rings. The van der Waals surface area contributed by atoms with Crippen LogP contribution in [0.4, 0.5) is 0 Å². The van der Waals surface area contributed by atoms with Crippen LogP contribution in [0.2, 0.25) is 0 Å². The number of nitrogens with two attached hydrogens (primary N) is 3. The average molecular weight is 553 g/mol. The van der Waals surface area contributed by atoms with Crippen LogP contribution in [0.15, 0.2) is 151 Å². The Morgan fingerprint density at radius 2 is 1.43 bits per heavy atom. The Morgan fingerprint density at radius 3 is 2.07 bits per heavy atom. The predicted octanol–water partition coefficient (Wildman–Crippen LogP) is 9.03. The van der Waals surface area contributed by atoms with Crippen LogP contribution in [-0.2, 0) is 0 Å². The number of rotatable bonds is 6. The van der Waals surface area contributed by atoms with Gasteiger partial charge in [0.25, 0.3) is 0 Å². The summed E-state index contributed by atoms with van der Waals surface area (Å²) in [4.78, 5) is 0. The predicted molar refractivity (Wildman–Crippen MR) is 184 cm³/mol. The van der Waals surface area contributed by atoms with E-state index in [1.54, 1.807) is 18.6 Å². The first-order chi connectivity index (χ1) is 20.5. The second kappa shape index (κ2) is 13.9. The van der Waals surface area contributed by atoms with Gasteiger partial charge in [-0.1, -0.05) is 78.9 Å². The molecular formula is C38H40N4. The molecule has 0 fully saturated rings. The highest BCUT2D eigenvalue weighted by atomic mass is 15.0. The Kier molecular flexibility index (Phi) is 9.85. The molecule has 0 aliphatic carbocycles. The Labute approximate surface area is 249 Å². The lowest BCUT2D eigenvalue weighted by Gasteiger charge is -2.11. The first kappa shape index (κ1) is 29.8. The van der Waals surface area contributed by atoms with E-state index in [-0.39, 0.29) is 0 Å². The standard InChI is InChI=1S/C32H29N3.C6H11N/c1-3-23(17-18-33)22(2)19-26(21-34)24-13-15-28-25(20-24)14-16-30-29-11-7-8-12-31(29)35(32(28)30)27-9-5-4-6-10-27;1-3-4-6(2)5-7/h3-21H,33-34H2,1-2H3;3-5H,7H2,1-2H3/b18-17-,22-19+,23-3+,26-21+;4-3-,6-5-. The van der Waals surface area contributed by atoms with E-state index in [9.17, 15) is 0 Å². The Bertz CT molecular complexity index is 1880. The van der Waals surface area contributed by atoms with Crippen LogP contribution in [0, 0.1) is 0 Å². The summed E-state index contributed by atoms with van der Waals surface area (Å²) in [6, 6.07) is 30.2. The quantitative estimate of drug-likeness (QED) is 0.184. The molecule has 212 valence electrons. The van der Waals surface area contributed by atoms with E-state index in [0.717, 1.165) is 33.5 Å². The molecule has 0 spiro atoms. The zero-order valence-corrected chi connectivity index (χ0v) is 24.9. The van der Waals surface area contributed by atoms with Gasteiger partial charge < -0.3 is 21.8 Å². The molecular weight excluding hydrogens is 512 g/mol. The van der Waals surface area contributed by atoms with E-state index < -0.39 is 0 Å². The summed E-state index contributed by atoms with van der Waals surface area (Å²) in [5.74, 6) is 0. The molecule has 0 unspecified atom stereocenters.